The Morgan fingerprint density at radius 1 is 1.38 bits per heavy atom. The van der Waals surface area contributed by atoms with Crippen LogP contribution in [0.3, 0.4) is 0 Å². The number of aromatic nitrogens is 1. The molecule has 0 saturated heterocycles. The third kappa shape index (κ3) is 3.46. The third-order valence-corrected chi connectivity index (χ3v) is 4.08. The number of hydrogen-bond donors (Lipinski definition) is 1. The maximum atomic E-state index is 5.90. The molecule has 0 bridgehead atoms. The fraction of sp³-hybridized carbons (Fsp3) is 0.750. The van der Waals surface area contributed by atoms with E-state index in [1.807, 2.05) is 13.8 Å². The van der Waals surface area contributed by atoms with Gasteiger partial charge in [0, 0.05) is 24.5 Å². The van der Waals surface area contributed by atoms with E-state index in [-0.39, 0.29) is 6.04 Å². The van der Waals surface area contributed by atoms with Crippen LogP contribution in [0.2, 0.25) is 0 Å². The Hall–Kier alpha value is -0.610. The van der Waals surface area contributed by atoms with Crippen molar-refractivity contribution < 1.29 is 0 Å². The highest BCUT2D eigenvalue weighted by molar-refractivity contribution is 7.15. The molecule has 0 spiro atoms. The molecule has 1 heterocycles. The summed E-state index contributed by atoms with van der Waals surface area (Å²) in [5.41, 5.74) is 6.98. The zero-order valence-electron chi connectivity index (χ0n) is 10.9. The summed E-state index contributed by atoms with van der Waals surface area (Å²) >= 11 is 1.72. The summed E-state index contributed by atoms with van der Waals surface area (Å²) in [7, 11) is 2.10. The second kappa shape index (κ2) is 5.64. The highest BCUT2D eigenvalue weighted by Gasteiger charge is 2.13. The minimum absolute atomic E-state index is 0.0877. The van der Waals surface area contributed by atoms with Gasteiger partial charge in [0.2, 0.25) is 0 Å². The zero-order chi connectivity index (χ0) is 12.3. The zero-order valence-corrected chi connectivity index (χ0v) is 11.8. The van der Waals surface area contributed by atoms with Crippen LogP contribution in [0.1, 0.15) is 43.8 Å². The first-order valence-electron chi connectivity index (χ1n) is 5.85. The molecule has 3 nitrogen and oxygen atoms in total. The Kier molecular flexibility index (Phi) is 4.74. The lowest BCUT2D eigenvalue weighted by Crippen LogP contribution is -2.19. The summed E-state index contributed by atoms with van der Waals surface area (Å²) in [6.45, 7) is 9.60. The fourth-order valence-electron chi connectivity index (χ4n) is 1.53. The molecule has 16 heavy (non-hydrogen) atoms. The molecule has 0 aliphatic heterocycles. The van der Waals surface area contributed by atoms with E-state index in [2.05, 4.69) is 30.8 Å². The maximum Gasteiger partial charge on any atom is 0.185 e. The summed E-state index contributed by atoms with van der Waals surface area (Å²) in [6, 6.07) is 0.0877. The number of hydrogen-bond acceptors (Lipinski definition) is 4. The number of anilines is 1. The average Bonchev–Trinajstić information content (AvgIpc) is 2.56. The van der Waals surface area contributed by atoms with Crippen molar-refractivity contribution in [1.29, 1.82) is 0 Å². The van der Waals surface area contributed by atoms with Crippen molar-refractivity contribution in [2.45, 2.75) is 40.2 Å². The molecule has 92 valence electrons. The van der Waals surface area contributed by atoms with Gasteiger partial charge in [0.1, 0.15) is 0 Å². The molecule has 0 fully saturated rings. The fourth-order valence-corrected chi connectivity index (χ4v) is 2.53. The molecule has 0 aliphatic carbocycles. The number of nitrogens with two attached hydrogens (primary N) is 1. The van der Waals surface area contributed by atoms with Crippen LogP contribution >= 0.6 is 11.3 Å². The van der Waals surface area contributed by atoms with Crippen molar-refractivity contribution in [2.75, 3.05) is 18.5 Å². The van der Waals surface area contributed by atoms with Gasteiger partial charge >= 0.3 is 0 Å². The summed E-state index contributed by atoms with van der Waals surface area (Å²) in [4.78, 5) is 8.00. The topological polar surface area (TPSA) is 42.2 Å². The lowest BCUT2D eigenvalue weighted by Gasteiger charge is -2.16. The van der Waals surface area contributed by atoms with Gasteiger partial charge in [-0.25, -0.2) is 4.98 Å². The van der Waals surface area contributed by atoms with E-state index in [4.69, 9.17) is 5.73 Å². The van der Waals surface area contributed by atoms with Crippen LogP contribution in [0.4, 0.5) is 5.13 Å². The second-order valence-corrected chi connectivity index (χ2v) is 5.85. The smallest absolute Gasteiger partial charge is 0.185 e. The Bertz CT molecular complexity index is 331. The molecular weight excluding hydrogens is 218 g/mol. The van der Waals surface area contributed by atoms with Gasteiger partial charge in [-0.2, -0.15) is 0 Å². The monoisotopic (exact) mass is 241 g/mol. The summed E-state index contributed by atoms with van der Waals surface area (Å²) in [5.74, 6) is 0.733. The molecule has 0 amide bonds. The molecule has 1 rings (SSSR count). The van der Waals surface area contributed by atoms with E-state index in [9.17, 15) is 0 Å². The normalized spacial score (nSPS) is 13.2. The molecule has 1 aromatic rings. The molecule has 0 aromatic carbocycles. The summed E-state index contributed by atoms with van der Waals surface area (Å²) in [6.07, 6.45) is 1.20. The van der Waals surface area contributed by atoms with E-state index < -0.39 is 0 Å². The van der Waals surface area contributed by atoms with Gasteiger partial charge in [0.15, 0.2) is 5.13 Å². The van der Waals surface area contributed by atoms with Gasteiger partial charge in [-0.3, -0.25) is 0 Å². The first-order chi connectivity index (χ1) is 7.41. The molecule has 0 saturated carbocycles. The number of aryl methyl sites for hydroxylation is 1. The largest absolute Gasteiger partial charge is 0.351 e. The molecule has 2 N–H and O–H groups in total. The summed E-state index contributed by atoms with van der Waals surface area (Å²) in [5, 5.41) is 1.09. The van der Waals surface area contributed by atoms with E-state index in [1.165, 1.54) is 11.3 Å². The Morgan fingerprint density at radius 3 is 2.44 bits per heavy atom. The number of thiazole rings is 1. The SMILES string of the molecule is Cc1nc(N(C)CCC(C)C)sc1C(C)N. The van der Waals surface area contributed by atoms with E-state index >= 15 is 0 Å². The molecule has 4 heteroatoms. The van der Waals surface area contributed by atoms with E-state index in [0.717, 1.165) is 23.3 Å². The minimum atomic E-state index is 0.0877. The van der Waals surface area contributed by atoms with Crippen molar-refractivity contribution in [3.05, 3.63) is 10.6 Å². The average molecular weight is 241 g/mol. The lowest BCUT2D eigenvalue weighted by atomic mass is 10.1. The predicted molar refractivity (Wildman–Crippen MR) is 72.2 cm³/mol. The molecule has 0 aliphatic rings. The highest BCUT2D eigenvalue weighted by atomic mass is 32.1. The first kappa shape index (κ1) is 13.5. The van der Waals surface area contributed by atoms with Gasteiger partial charge in [-0.15, -0.1) is 11.3 Å². The third-order valence-electron chi connectivity index (χ3n) is 2.60. The van der Waals surface area contributed by atoms with Gasteiger partial charge in [0.25, 0.3) is 0 Å². The standard InChI is InChI=1S/C12H23N3S/c1-8(2)6-7-15(5)12-14-10(4)11(16-12)9(3)13/h8-9H,6-7,13H2,1-5H3. The van der Waals surface area contributed by atoms with Crippen LogP contribution < -0.4 is 10.6 Å². The van der Waals surface area contributed by atoms with Crippen molar-refractivity contribution >= 4 is 16.5 Å². The molecular formula is C12H23N3S. The van der Waals surface area contributed by atoms with Crippen LogP contribution in [0.5, 0.6) is 0 Å². The van der Waals surface area contributed by atoms with Crippen molar-refractivity contribution in [2.24, 2.45) is 11.7 Å². The first-order valence-corrected chi connectivity index (χ1v) is 6.67. The summed E-state index contributed by atoms with van der Waals surface area (Å²) < 4.78 is 0. The molecule has 1 aromatic heterocycles. The van der Waals surface area contributed by atoms with Crippen molar-refractivity contribution in [3.8, 4) is 0 Å². The van der Waals surface area contributed by atoms with Crippen LogP contribution in [-0.4, -0.2) is 18.6 Å². The van der Waals surface area contributed by atoms with Gasteiger partial charge in [-0.05, 0) is 26.2 Å². The van der Waals surface area contributed by atoms with Crippen LogP contribution in [0.25, 0.3) is 0 Å². The minimum Gasteiger partial charge on any atom is -0.351 e. The van der Waals surface area contributed by atoms with E-state index in [0.29, 0.717) is 0 Å². The van der Waals surface area contributed by atoms with Crippen molar-refractivity contribution in [3.63, 3.8) is 0 Å². The molecule has 1 unspecified atom stereocenters. The Morgan fingerprint density at radius 2 is 2.00 bits per heavy atom. The van der Waals surface area contributed by atoms with Gasteiger partial charge in [-0.1, -0.05) is 13.8 Å². The van der Waals surface area contributed by atoms with Gasteiger partial charge in [0.05, 0.1) is 5.69 Å². The molecule has 1 atom stereocenters. The van der Waals surface area contributed by atoms with E-state index in [1.54, 1.807) is 11.3 Å². The Balaban J connectivity index is 2.69. The predicted octanol–water partition coefficient (Wildman–Crippen LogP) is 2.95. The van der Waals surface area contributed by atoms with Gasteiger partial charge < -0.3 is 10.6 Å². The van der Waals surface area contributed by atoms with Crippen LogP contribution in [-0.2, 0) is 0 Å². The Labute approximate surface area is 103 Å². The lowest BCUT2D eigenvalue weighted by molar-refractivity contribution is 0.585. The molecule has 0 radical (unpaired) electrons. The van der Waals surface area contributed by atoms with Crippen LogP contribution in [0, 0.1) is 12.8 Å². The van der Waals surface area contributed by atoms with Crippen molar-refractivity contribution in [1.82, 2.24) is 4.98 Å². The highest BCUT2D eigenvalue weighted by Crippen LogP contribution is 2.29. The quantitative estimate of drug-likeness (QED) is 0.862. The number of nitrogens with zero attached hydrogens (tertiary/aromatic N) is 2. The maximum absolute atomic E-state index is 5.90. The number of rotatable bonds is 5. The second-order valence-electron chi connectivity index (χ2n) is 4.84. The van der Waals surface area contributed by atoms with Crippen LogP contribution in [0.15, 0.2) is 0 Å².